The lowest BCUT2D eigenvalue weighted by molar-refractivity contribution is -0.137. The van der Waals surface area contributed by atoms with E-state index >= 15 is 0 Å². The molecule has 2 aliphatic rings. The number of carbonyl (C=O) groups is 1. The van der Waals surface area contributed by atoms with Gasteiger partial charge in [-0.3, -0.25) is 9.79 Å². The molecule has 0 fully saturated rings. The second kappa shape index (κ2) is 8.15. The predicted octanol–water partition coefficient (Wildman–Crippen LogP) is 3.17. The second-order valence-corrected chi connectivity index (χ2v) is 8.01. The molecule has 2 aliphatic heterocycles. The van der Waals surface area contributed by atoms with Crippen LogP contribution in [0.25, 0.3) is 22.8 Å². The summed E-state index contributed by atoms with van der Waals surface area (Å²) in [5.74, 6) is 0.730. The first-order valence-electron chi connectivity index (χ1n) is 10.6. The van der Waals surface area contributed by atoms with Crippen molar-refractivity contribution in [2.24, 2.45) is 10.7 Å². The number of carbonyl (C=O) groups excluding carboxylic acids is 1. The highest BCUT2D eigenvalue weighted by Gasteiger charge is 2.37. The van der Waals surface area contributed by atoms with Crippen molar-refractivity contribution in [2.45, 2.75) is 13.1 Å². The molecule has 0 aliphatic carbocycles. The number of anilines is 2. The molecule has 0 radical (unpaired) electrons. The molecule has 0 saturated heterocycles. The van der Waals surface area contributed by atoms with E-state index in [4.69, 9.17) is 5.73 Å². The summed E-state index contributed by atoms with van der Waals surface area (Å²) in [7, 11) is 1.73. The summed E-state index contributed by atoms with van der Waals surface area (Å²) in [4.78, 5) is 27.4. The van der Waals surface area contributed by atoms with Crippen molar-refractivity contribution in [1.29, 1.82) is 0 Å². The fourth-order valence-electron chi connectivity index (χ4n) is 4.26. The second-order valence-electron chi connectivity index (χ2n) is 8.01. The number of amidine groups is 1. The maximum absolute atomic E-state index is 13.8. The number of aliphatic imine (C=N–C) groups is 1. The SMILES string of the molecule is CNc1ncc2c(n1)N1CCN=C1C(c1cc(-c3c(C(F)(F)F)cnnc3C(N)=O)ccc1C)=C2. The summed E-state index contributed by atoms with van der Waals surface area (Å²) in [6, 6.07) is 4.78. The quantitative estimate of drug-likeness (QED) is 0.588. The number of aromatic nitrogens is 4. The first kappa shape index (κ1) is 22.4. The molecule has 178 valence electrons. The van der Waals surface area contributed by atoms with Crippen LogP contribution in [-0.2, 0) is 6.18 Å². The molecule has 5 rings (SSSR count). The fourth-order valence-corrected chi connectivity index (χ4v) is 4.26. The van der Waals surface area contributed by atoms with Gasteiger partial charge >= 0.3 is 6.18 Å². The number of nitrogens with two attached hydrogens (primary N) is 1. The normalized spacial score (nSPS) is 14.7. The van der Waals surface area contributed by atoms with Gasteiger partial charge in [-0.2, -0.15) is 23.3 Å². The Morgan fingerprint density at radius 1 is 1.23 bits per heavy atom. The number of primary amides is 1. The summed E-state index contributed by atoms with van der Waals surface area (Å²) in [6.07, 6.45) is -0.622. The lowest BCUT2D eigenvalue weighted by Gasteiger charge is -2.28. The number of alkyl halides is 3. The van der Waals surface area contributed by atoms with Crippen LogP contribution in [0.2, 0.25) is 0 Å². The van der Waals surface area contributed by atoms with Gasteiger partial charge in [-0.1, -0.05) is 12.1 Å². The van der Waals surface area contributed by atoms with E-state index in [1.165, 1.54) is 6.07 Å². The molecule has 0 saturated carbocycles. The summed E-state index contributed by atoms with van der Waals surface area (Å²) in [5, 5.41) is 9.86. The summed E-state index contributed by atoms with van der Waals surface area (Å²) in [6.45, 7) is 3.00. The van der Waals surface area contributed by atoms with Crippen molar-refractivity contribution in [3.63, 3.8) is 0 Å². The van der Waals surface area contributed by atoms with Crippen LogP contribution in [-0.4, -0.2) is 52.0 Å². The summed E-state index contributed by atoms with van der Waals surface area (Å²) < 4.78 is 41.5. The van der Waals surface area contributed by atoms with Gasteiger partial charge < -0.3 is 16.0 Å². The average molecular weight is 480 g/mol. The van der Waals surface area contributed by atoms with E-state index in [1.54, 1.807) is 25.4 Å². The molecule has 4 heterocycles. The van der Waals surface area contributed by atoms with Gasteiger partial charge in [0, 0.05) is 36.5 Å². The average Bonchev–Trinajstić information content (AvgIpc) is 3.33. The number of amides is 1. The van der Waals surface area contributed by atoms with Crippen molar-refractivity contribution < 1.29 is 18.0 Å². The molecule has 3 N–H and O–H groups in total. The van der Waals surface area contributed by atoms with Gasteiger partial charge in [-0.05, 0) is 35.8 Å². The van der Waals surface area contributed by atoms with E-state index in [2.05, 4.69) is 30.5 Å². The largest absolute Gasteiger partial charge is 0.418 e. The monoisotopic (exact) mass is 480 g/mol. The zero-order valence-corrected chi connectivity index (χ0v) is 18.7. The minimum absolute atomic E-state index is 0.139. The Bertz CT molecular complexity index is 1430. The Labute approximate surface area is 197 Å². The van der Waals surface area contributed by atoms with Crippen LogP contribution in [0.4, 0.5) is 24.9 Å². The van der Waals surface area contributed by atoms with Gasteiger partial charge in [-0.25, -0.2) is 4.98 Å². The van der Waals surface area contributed by atoms with Gasteiger partial charge in [0.15, 0.2) is 5.69 Å². The number of benzene rings is 1. The van der Waals surface area contributed by atoms with Gasteiger partial charge in [-0.15, -0.1) is 5.10 Å². The smallest absolute Gasteiger partial charge is 0.364 e. The van der Waals surface area contributed by atoms with Crippen LogP contribution in [0, 0.1) is 6.92 Å². The minimum atomic E-state index is -4.77. The topological polar surface area (TPSA) is 122 Å². The molecular formula is C23H19F3N8O. The number of rotatable bonds is 4. The van der Waals surface area contributed by atoms with Crippen molar-refractivity contribution in [1.82, 2.24) is 20.2 Å². The molecule has 35 heavy (non-hydrogen) atoms. The number of hydrogen-bond acceptors (Lipinski definition) is 8. The van der Waals surface area contributed by atoms with E-state index in [0.29, 0.717) is 48.0 Å². The van der Waals surface area contributed by atoms with Crippen molar-refractivity contribution in [3.8, 4) is 11.1 Å². The van der Waals surface area contributed by atoms with Crippen molar-refractivity contribution in [2.75, 3.05) is 30.4 Å². The van der Waals surface area contributed by atoms with E-state index in [1.807, 2.05) is 17.9 Å². The van der Waals surface area contributed by atoms with E-state index in [9.17, 15) is 18.0 Å². The van der Waals surface area contributed by atoms with E-state index < -0.39 is 28.9 Å². The maximum Gasteiger partial charge on any atom is 0.418 e. The molecule has 9 nitrogen and oxygen atoms in total. The summed E-state index contributed by atoms with van der Waals surface area (Å²) >= 11 is 0. The van der Waals surface area contributed by atoms with Crippen LogP contribution in [0.5, 0.6) is 0 Å². The molecule has 0 unspecified atom stereocenters. The maximum atomic E-state index is 13.8. The highest BCUT2D eigenvalue weighted by molar-refractivity contribution is 6.36. The van der Waals surface area contributed by atoms with Gasteiger partial charge in [0.1, 0.15) is 11.7 Å². The number of aryl methyl sites for hydroxylation is 1. The number of nitrogens with zero attached hydrogens (tertiary/aromatic N) is 6. The Kier molecular flexibility index (Phi) is 5.23. The summed E-state index contributed by atoms with van der Waals surface area (Å²) in [5.41, 5.74) is 6.37. The highest BCUT2D eigenvalue weighted by Crippen LogP contribution is 2.41. The van der Waals surface area contributed by atoms with Crippen LogP contribution in [0.3, 0.4) is 0 Å². The Balaban J connectivity index is 1.72. The van der Waals surface area contributed by atoms with Crippen LogP contribution in [0.15, 0.2) is 35.6 Å². The zero-order valence-electron chi connectivity index (χ0n) is 18.7. The first-order chi connectivity index (χ1) is 16.7. The Morgan fingerprint density at radius 3 is 2.74 bits per heavy atom. The zero-order chi connectivity index (χ0) is 24.9. The Morgan fingerprint density at radius 2 is 2.03 bits per heavy atom. The van der Waals surface area contributed by atoms with Gasteiger partial charge in [0.25, 0.3) is 5.91 Å². The molecule has 0 spiro atoms. The Hall–Kier alpha value is -4.35. The van der Waals surface area contributed by atoms with E-state index in [-0.39, 0.29) is 5.56 Å². The van der Waals surface area contributed by atoms with Crippen molar-refractivity contribution >= 4 is 35.2 Å². The highest BCUT2D eigenvalue weighted by atomic mass is 19.4. The number of nitrogens with one attached hydrogen (secondary N) is 1. The standard InChI is InChI=1S/C23H19F3N8O/c1-11-3-4-12(17-16(23(24,25)26)10-31-33-18(17)19(27)35)7-14(11)15-8-13-9-30-22(28-2)32-20(13)34-6-5-29-21(15)34/h3-4,7-10H,5-6H2,1-2H3,(H2,27,35)(H,28,30,32). The first-order valence-corrected chi connectivity index (χ1v) is 10.6. The third kappa shape index (κ3) is 3.76. The van der Waals surface area contributed by atoms with Crippen LogP contribution >= 0.6 is 0 Å². The molecule has 0 atom stereocenters. The number of hydrogen-bond donors (Lipinski definition) is 2. The van der Waals surface area contributed by atoms with Crippen LogP contribution < -0.4 is 16.0 Å². The van der Waals surface area contributed by atoms with Gasteiger partial charge in [0.05, 0.1) is 18.3 Å². The van der Waals surface area contributed by atoms with Crippen molar-refractivity contribution in [3.05, 3.63) is 58.5 Å². The van der Waals surface area contributed by atoms with E-state index in [0.717, 1.165) is 11.1 Å². The lowest BCUT2D eigenvalue weighted by atomic mass is 9.90. The molecule has 2 aromatic heterocycles. The number of fused-ring (bicyclic) bond motifs is 3. The van der Waals surface area contributed by atoms with Gasteiger partial charge in [0.2, 0.25) is 5.95 Å². The number of halogens is 3. The third-order valence-corrected chi connectivity index (χ3v) is 5.86. The molecular weight excluding hydrogens is 461 g/mol. The van der Waals surface area contributed by atoms with Crippen LogP contribution in [0.1, 0.15) is 32.7 Å². The molecule has 1 aromatic carbocycles. The molecule has 0 bridgehead atoms. The predicted molar refractivity (Wildman–Crippen MR) is 125 cm³/mol. The molecule has 1 amide bonds. The third-order valence-electron chi connectivity index (χ3n) is 5.86. The minimum Gasteiger partial charge on any atom is -0.364 e. The molecule has 12 heteroatoms. The lowest BCUT2D eigenvalue weighted by Crippen LogP contribution is -2.32. The molecule has 3 aromatic rings. The fraction of sp³-hybridized carbons (Fsp3) is 0.217.